The highest BCUT2D eigenvalue weighted by Gasteiger charge is 2.29. The van der Waals surface area contributed by atoms with Crippen LogP contribution in [0.2, 0.25) is 5.02 Å². The summed E-state index contributed by atoms with van der Waals surface area (Å²) in [6.45, 7) is 23.8. The Kier molecular flexibility index (Phi) is 19.8. The van der Waals surface area contributed by atoms with Crippen LogP contribution in [0.5, 0.6) is 11.5 Å². The average Bonchev–Trinajstić information content (AvgIpc) is 4.10. The van der Waals surface area contributed by atoms with Gasteiger partial charge in [0.05, 0.1) is 30.3 Å². The highest BCUT2D eigenvalue weighted by atomic mass is 35.5. The Morgan fingerprint density at radius 2 is 0.988 bits per heavy atom. The van der Waals surface area contributed by atoms with Crippen LogP contribution in [0, 0.1) is 13.8 Å². The number of hydrogen-bond donors (Lipinski definition) is 4. The number of ether oxygens (including phenoxy) is 4. The van der Waals surface area contributed by atoms with E-state index < -0.39 is 11.2 Å². The summed E-state index contributed by atoms with van der Waals surface area (Å²) < 4.78 is 20.9. The summed E-state index contributed by atoms with van der Waals surface area (Å²) in [6.07, 6.45) is 1.48. The van der Waals surface area contributed by atoms with Gasteiger partial charge in [-0.2, -0.15) is 10.2 Å². The van der Waals surface area contributed by atoms with Gasteiger partial charge < -0.3 is 50.0 Å². The van der Waals surface area contributed by atoms with E-state index in [1.807, 2.05) is 132 Å². The van der Waals surface area contributed by atoms with Crippen molar-refractivity contribution in [3.05, 3.63) is 106 Å². The number of aryl methyl sites for hydroxylation is 4. The fourth-order valence-electron chi connectivity index (χ4n) is 8.56. The third kappa shape index (κ3) is 16.1. The fraction of sp³-hybridized carbons (Fsp3) is 0.414. The fourth-order valence-corrected chi connectivity index (χ4v) is 8.84. The molecular formula is C58H75ClN16O6. The number of nitrogens with zero attached hydrogens (tertiary/aromatic N) is 12. The van der Waals surface area contributed by atoms with Gasteiger partial charge in [-0.25, -0.2) is 19.6 Å². The number of nitrogen functional groups attached to an aromatic ring is 2. The van der Waals surface area contributed by atoms with Crippen molar-refractivity contribution >= 4 is 68.9 Å². The van der Waals surface area contributed by atoms with Gasteiger partial charge in [-0.1, -0.05) is 43.6 Å². The monoisotopic (exact) mass is 1130 g/mol. The third-order valence-corrected chi connectivity index (χ3v) is 13.3. The van der Waals surface area contributed by atoms with E-state index in [1.165, 1.54) is 11.1 Å². The van der Waals surface area contributed by atoms with E-state index in [2.05, 4.69) is 76.7 Å². The molecule has 8 aromatic rings. The summed E-state index contributed by atoms with van der Waals surface area (Å²) in [6, 6.07) is 25.6. The molecule has 22 nitrogen and oxygen atoms in total. The van der Waals surface area contributed by atoms with Crippen molar-refractivity contribution in [3.63, 3.8) is 0 Å². The van der Waals surface area contributed by atoms with Crippen molar-refractivity contribution in [2.24, 2.45) is 0 Å². The number of H-pyrrole nitrogens is 2. The van der Waals surface area contributed by atoms with Crippen LogP contribution in [0.3, 0.4) is 0 Å². The van der Waals surface area contributed by atoms with Crippen molar-refractivity contribution in [1.82, 2.24) is 60.6 Å². The quantitative estimate of drug-likeness (QED) is 0.110. The molecule has 0 radical (unpaired) electrons. The highest BCUT2D eigenvalue weighted by Crippen LogP contribution is 2.30. The van der Waals surface area contributed by atoms with Crippen molar-refractivity contribution in [1.29, 1.82) is 0 Å². The van der Waals surface area contributed by atoms with Crippen molar-refractivity contribution in [2.75, 3.05) is 87.8 Å². The van der Waals surface area contributed by atoms with Crippen molar-refractivity contribution in [3.8, 4) is 34.3 Å². The molecule has 0 aliphatic carbocycles. The van der Waals surface area contributed by atoms with E-state index in [4.69, 9.17) is 42.0 Å². The number of aromatic nitrogens is 10. The summed E-state index contributed by atoms with van der Waals surface area (Å²) in [4.78, 5) is 41.4. The van der Waals surface area contributed by atoms with E-state index in [0.29, 0.717) is 80.7 Å². The number of halogens is 1. The number of amides is 2. The smallest absolute Gasteiger partial charge is 0.410 e. The maximum Gasteiger partial charge on any atom is 0.410 e. The summed E-state index contributed by atoms with van der Waals surface area (Å²) >= 11 is 5.88. The molecule has 0 spiro atoms. The molecule has 2 fully saturated rings. The minimum absolute atomic E-state index is 0.269. The maximum absolute atomic E-state index is 12.3. The lowest BCUT2D eigenvalue weighted by Crippen LogP contribution is -2.50. The van der Waals surface area contributed by atoms with Gasteiger partial charge in [0, 0.05) is 85.6 Å². The second-order valence-electron chi connectivity index (χ2n) is 21.3. The van der Waals surface area contributed by atoms with E-state index in [0.717, 1.165) is 68.7 Å². The molecule has 0 unspecified atom stereocenters. The summed E-state index contributed by atoms with van der Waals surface area (Å²) in [5.41, 5.74) is 19.1. The third-order valence-electron chi connectivity index (χ3n) is 13.0. The Labute approximate surface area is 477 Å². The number of fused-ring (bicyclic) bond motifs is 2. The Bertz CT molecular complexity index is 3200. The number of methoxy groups -OCH3 is 2. The van der Waals surface area contributed by atoms with Crippen molar-refractivity contribution in [2.45, 2.75) is 93.3 Å². The molecule has 2 amide bonds. The molecule has 2 aliphatic rings. The van der Waals surface area contributed by atoms with Gasteiger partial charge in [0.15, 0.2) is 34.9 Å². The summed E-state index contributed by atoms with van der Waals surface area (Å²) in [7, 11) is 3.30. The zero-order valence-corrected chi connectivity index (χ0v) is 49.2. The average molecular weight is 1130 g/mol. The Balaban J connectivity index is 0.000000173. The van der Waals surface area contributed by atoms with Crippen LogP contribution in [0.25, 0.3) is 44.6 Å². The number of nitrogens with one attached hydrogen (secondary N) is 2. The standard InChI is InChI=1S/2C20H26N8O2.C9H11ClO.C9H12O/c2*1-12-14-11-13(5-6-15(14)24-23-12)17-22-18(16(21)25-26-17)27-7-9-28(10-8-27)19(29)30-20(2,3)4;1-3-7-4-5-9(11-2)8(10)6-7;1-3-8-4-6-9(10-2)7-5-8/h2*5-6,11H,7-10H2,1-4H3,(H2,21,25)(H,23,24);4-6H,3H2,1-2H3;4-7H,3H2,1-2H3. The number of nitrogens with two attached hydrogens (primary N) is 2. The zero-order chi connectivity index (χ0) is 58.6. The van der Waals surface area contributed by atoms with Crippen LogP contribution in [0.15, 0.2) is 78.9 Å². The molecule has 4 aromatic heterocycles. The van der Waals surface area contributed by atoms with Gasteiger partial charge in [0.2, 0.25) is 0 Å². The van der Waals surface area contributed by atoms with Gasteiger partial charge in [0.1, 0.15) is 22.7 Å². The highest BCUT2D eigenvalue weighted by molar-refractivity contribution is 6.32. The second-order valence-corrected chi connectivity index (χ2v) is 21.7. The number of aromatic amines is 2. The number of benzene rings is 4. The van der Waals surface area contributed by atoms with Crippen LogP contribution >= 0.6 is 11.6 Å². The van der Waals surface area contributed by atoms with Crippen LogP contribution in [0.1, 0.15) is 77.9 Å². The molecule has 2 aliphatic heterocycles. The van der Waals surface area contributed by atoms with Crippen LogP contribution in [-0.2, 0) is 22.3 Å². The van der Waals surface area contributed by atoms with Gasteiger partial charge in [-0.3, -0.25) is 10.2 Å². The molecule has 2 saturated heterocycles. The lowest BCUT2D eigenvalue weighted by molar-refractivity contribution is 0.0230. The molecule has 0 bridgehead atoms. The van der Waals surface area contributed by atoms with E-state index >= 15 is 0 Å². The molecule has 0 saturated carbocycles. The molecule has 10 rings (SSSR count). The number of carbonyl (C=O) groups is 2. The first-order valence-electron chi connectivity index (χ1n) is 26.9. The van der Waals surface area contributed by atoms with E-state index in [-0.39, 0.29) is 23.8 Å². The van der Waals surface area contributed by atoms with E-state index in [9.17, 15) is 9.59 Å². The molecule has 6 heterocycles. The maximum atomic E-state index is 12.3. The molecule has 23 heteroatoms. The van der Waals surface area contributed by atoms with Crippen LogP contribution in [-0.4, -0.2) is 151 Å². The number of carbonyl (C=O) groups excluding carboxylic acids is 2. The molecule has 4 aromatic carbocycles. The van der Waals surface area contributed by atoms with Crippen LogP contribution < -0.4 is 30.7 Å². The molecule has 6 N–H and O–H groups in total. The summed E-state index contributed by atoms with van der Waals surface area (Å²) in [5, 5.41) is 33.8. The van der Waals surface area contributed by atoms with Crippen LogP contribution in [0.4, 0.5) is 32.9 Å². The van der Waals surface area contributed by atoms with Gasteiger partial charge in [-0.15, -0.1) is 20.4 Å². The lowest BCUT2D eigenvalue weighted by Gasteiger charge is -2.36. The zero-order valence-electron chi connectivity index (χ0n) is 48.4. The predicted molar refractivity (Wildman–Crippen MR) is 318 cm³/mol. The van der Waals surface area contributed by atoms with Gasteiger partial charge in [0.25, 0.3) is 0 Å². The van der Waals surface area contributed by atoms with Crippen molar-refractivity contribution < 1.29 is 28.5 Å². The number of rotatable bonds is 8. The first-order chi connectivity index (χ1) is 38.6. The second kappa shape index (κ2) is 26.6. The first-order valence-corrected chi connectivity index (χ1v) is 27.3. The lowest BCUT2D eigenvalue weighted by atomic mass is 10.1. The first kappa shape index (κ1) is 60.1. The van der Waals surface area contributed by atoms with Gasteiger partial charge >= 0.3 is 12.2 Å². The molecule has 0 atom stereocenters. The SMILES string of the molecule is CCc1ccc(OC)c(Cl)c1.CCc1ccc(OC)cc1.Cc1[nH]nc2ccc(-c3nnc(N)c(N4CCN(C(=O)OC(C)(C)C)CC4)n3)cc12.Cc1[nH]nc2ccc(-c3nnc(N)c(N4CCN(C(=O)OC(C)(C)C)CC4)n3)cc12. The van der Waals surface area contributed by atoms with Gasteiger partial charge in [-0.05, 0) is 140 Å². The molecule has 430 valence electrons. The minimum atomic E-state index is -0.515. The molecular weight excluding hydrogens is 1050 g/mol. The predicted octanol–water partition coefficient (Wildman–Crippen LogP) is 9.89. The number of piperazine rings is 2. The normalized spacial score (nSPS) is 13.5. The molecule has 81 heavy (non-hydrogen) atoms. The van der Waals surface area contributed by atoms with E-state index in [1.54, 1.807) is 24.0 Å². The Hall–Kier alpha value is -8.53. The Morgan fingerprint density at radius 3 is 1.36 bits per heavy atom. The number of anilines is 4. The Morgan fingerprint density at radius 1 is 0.568 bits per heavy atom. The minimum Gasteiger partial charge on any atom is -0.497 e. The largest absolute Gasteiger partial charge is 0.497 e. The summed E-state index contributed by atoms with van der Waals surface area (Å²) in [5.74, 6) is 4.35. The topological polar surface area (TPSA) is 271 Å². The number of hydrogen-bond acceptors (Lipinski definition) is 18.